The molecule has 1 amide bonds. The van der Waals surface area contributed by atoms with Crippen LogP contribution in [0.25, 0.3) is 0 Å². The molecule has 1 aromatic carbocycles. The lowest BCUT2D eigenvalue weighted by Gasteiger charge is -2.15. The maximum atomic E-state index is 11.8. The zero-order valence-corrected chi connectivity index (χ0v) is 13.1. The van der Waals surface area contributed by atoms with E-state index in [0.29, 0.717) is 19.1 Å². The Hall–Kier alpha value is -1.51. The molecular formula is C17H27NO2. The summed E-state index contributed by atoms with van der Waals surface area (Å²) in [4.78, 5) is 11.8. The molecule has 0 fully saturated rings. The van der Waals surface area contributed by atoms with Crippen LogP contribution in [0.15, 0.2) is 24.3 Å². The number of nitrogens with one attached hydrogen (secondary N) is 1. The summed E-state index contributed by atoms with van der Waals surface area (Å²) in [5.74, 6) is 1.61. The maximum Gasteiger partial charge on any atom is 0.223 e. The molecule has 0 radical (unpaired) electrons. The summed E-state index contributed by atoms with van der Waals surface area (Å²) >= 11 is 0. The van der Waals surface area contributed by atoms with Crippen LogP contribution in [0.2, 0.25) is 0 Å². The fraction of sp³-hybridized carbons (Fsp3) is 0.588. The van der Waals surface area contributed by atoms with E-state index in [1.165, 1.54) is 5.56 Å². The second-order valence-corrected chi connectivity index (χ2v) is 5.35. The van der Waals surface area contributed by atoms with Gasteiger partial charge >= 0.3 is 0 Å². The Labute approximate surface area is 122 Å². The molecule has 3 nitrogen and oxygen atoms in total. The minimum atomic E-state index is 0.123. The lowest BCUT2D eigenvalue weighted by molar-refractivity contribution is -0.125. The molecule has 0 saturated heterocycles. The number of amides is 1. The van der Waals surface area contributed by atoms with Crippen molar-refractivity contribution in [3.8, 4) is 5.75 Å². The summed E-state index contributed by atoms with van der Waals surface area (Å²) in [5.41, 5.74) is 1.21. The van der Waals surface area contributed by atoms with Gasteiger partial charge in [0.1, 0.15) is 12.4 Å². The summed E-state index contributed by atoms with van der Waals surface area (Å²) < 4.78 is 5.78. The van der Waals surface area contributed by atoms with Crippen LogP contribution in [0.4, 0.5) is 0 Å². The van der Waals surface area contributed by atoms with Gasteiger partial charge in [0.15, 0.2) is 0 Å². The van der Waals surface area contributed by atoms with E-state index in [1.807, 2.05) is 32.0 Å². The van der Waals surface area contributed by atoms with Crippen molar-refractivity contribution in [1.29, 1.82) is 0 Å². The van der Waals surface area contributed by atoms with Crippen molar-refractivity contribution in [2.24, 2.45) is 5.92 Å². The Bertz CT molecular complexity index is 411. The second kappa shape index (κ2) is 8.62. The molecule has 0 spiro atoms. The van der Waals surface area contributed by atoms with Crippen molar-refractivity contribution in [2.45, 2.75) is 46.5 Å². The molecule has 1 N–H and O–H groups in total. The van der Waals surface area contributed by atoms with E-state index in [1.54, 1.807) is 0 Å². The molecule has 0 aliphatic heterocycles. The van der Waals surface area contributed by atoms with E-state index in [2.05, 4.69) is 25.2 Å². The first kappa shape index (κ1) is 16.5. The molecule has 0 aliphatic rings. The van der Waals surface area contributed by atoms with Crippen molar-refractivity contribution in [1.82, 2.24) is 5.32 Å². The summed E-state index contributed by atoms with van der Waals surface area (Å²) in [6.45, 7) is 9.46. The molecule has 20 heavy (non-hydrogen) atoms. The molecule has 0 saturated carbocycles. The van der Waals surface area contributed by atoms with Crippen molar-refractivity contribution >= 4 is 5.91 Å². The summed E-state index contributed by atoms with van der Waals surface area (Å²) in [7, 11) is 0. The molecule has 0 heterocycles. The van der Waals surface area contributed by atoms with Crippen LogP contribution < -0.4 is 10.1 Å². The standard InChI is InChI=1S/C17H27NO2/c1-5-14(6-2)17(19)18-11-12-20-16-10-8-7-9-15(16)13(3)4/h7-10,13-14H,5-6,11-12H2,1-4H3,(H,18,19). The van der Waals surface area contributed by atoms with E-state index >= 15 is 0 Å². The Morgan fingerprint density at radius 3 is 2.45 bits per heavy atom. The van der Waals surface area contributed by atoms with Gasteiger partial charge in [0.2, 0.25) is 5.91 Å². The quantitative estimate of drug-likeness (QED) is 0.735. The van der Waals surface area contributed by atoms with Gasteiger partial charge in [-0.25, -0.2) is 0 Å². The third-order valence-electron chi connectivity index (χ3n) is 3.56. The number of para-hydroxylation sites is 1. The van der Waals surface area contributed by atoms with Gasteiger partial charge in [-0.2, -0.15) is 0 Å². The molecule has 0 unspecified atom stereocenters. The van der Waals surface area contributed by atoms with E-state index in [0.717, 1.165) is 18.6 Å². The third-order valence-corrected chi connectivity index (χ3v) is 3.56. The molecule has 3 heteroatoms. The SMILES string of the molecule is CCC(CC)C(=O)NCCOc1ccccc1C(C)C. The fourth-order valence-electron chi connectivity index (χ4n) is 2.23. The van der Waals surface area contributed by atoms with E-state index in [4.69, 9.17) is 4.74 Å². The molecule has 0 atom stereocenters. The van der Waals surface area contributed by atoms with Crippen LogP contribution in [0.3, 0.4) is 0 Å². The smallest absolute Gasteiger partial charge is 0.223 e. The van der Waals surface area contributed by atoms with Gasteiger partial charge in [-0.05, 0) is 30.4 Å². The second-order valence-electron chi connectivity index (χ2n) is 5.35. The van der Waals surface area contributed by atoms with Crippen molar-refractivity contribution in [3.63, 3.8) is 0 Å². The predicted molar refractivity (Wildman–Crippen MR) is 83.1 cm³/mol. The first-order valence-corrected chi connectivity index (χ1v) is 7.59. The minimum absolute atomic E-state index is 0.123. The number of carbonyl (C=O) groups excluding carboxylic acids is 1. The average Bonchev–Trinajstić information content (AvgIpc) is 2.45. The van der Waals surface area contributed by atoms with Crippen LogP contribution in [0.1, 0.15) is 52.0 Å². The lowest BCUT2D eigenvalue weighted by atomic mass is 10.0. The molecule has 1 rings (SSSR count). The van der Waals surface area contributed by atoms with Crippen molar-refractivity contribution in [3.05, 3.63) is 29.8 Å². The monoisotopic (exact) mass is 277 g/mol. The highest BCUT2D eigenvalue weighted by Crippen LogP contribution is 2.25. The largest absolute Gasteiger partial charge is 0.491 e. The molecular weight excluding hydrogens is 250 g/mol. The van der Waals surface area contributed by atoms with Crippen molar-refractivity contribution < 1.29 is 9.53 Å². The number of benzene rings is 1. The number of hydrogen-bond acceptors (Lipinski definition) is 2. The van der Waals surface area contributed by atoms with Gasteiger partial charge in [0.05, 0.1) is 6.54 Å². The van der Waals surface area contributed by atoms with Crippen LogP contribution in [0.5, 0.6) is 5.75 Å². The first-order chi connectivity index (χ1) is 9.60. The lowest BCUT2D eigenvalue weighted by Crippen LogP contribution is -2.33. The zero-order chi connectivity index (χ0) is 15.0. The van der Waals surface area contributed by atoms with Crippen LogP contribution >= 0.6 is 0 Å². The van der Waals surface area contributed by atoms with E-state index in [-0.39, 0.29) is 11.8 Å². The Kier molecular flexibility index (Phi) is 7.13. The number of hydrogen-bond donors (Lipinski definition) is 1. The summed E-state index contributed by atoms with van der Waals surface area (Å²) in [6, 6.07) is 8.07. The number of rotatable bonds is 8. The summed E-state index contributed by atoms with van der Waals surface area (Å²) in [6.07, 6.45) is 1.78. The average molecular weight is 277 g/mol. The molecule has 0 aromatic heterocycles. The normalized spacial score (nSPS) is 10.9. The summed E-state index contributed by atoms with van der Waals surface area (Å²) in [5, 5.41) is 2.94. The number of carbonyl (C=O) groups is 1. The molecule has 0 bridgehead atoms. The maximum absolute atomic E-state index is 11.8. The van der Waals surface area contributed by atoms with Gasteiger partial charge in [0, 0.05) is 5.92 Å². The fourth-order valence-corrected chi connectivity index (χ4v) is 2.23. The Morgan fingerprint density at radius 1 is 1.20 bits per heavy atom. The van der Waals surface area contributed by atoms with Gasteiger partial charge in [-0.3, -0.25) is 4.79 Å². The molecule has 1 aromatic rings. The Morgan fingerprint density at radius 2 is 1.85 bits per heavy atom. The molecule has 112 valence electrons. The van der Waals surface area contributed by atoms with Crippen LogP contribution in [0, 0.1) is 5.92 Å². The molecule has 0 aliphatic carbocycles. The van der Waals surface area contributed by atoms with Gasteiger partial charge < -0.3 is 10.1 Å². The minimum Gasteiger partial charge on any atom is -0.491 e. The van der Waals surface area contributed by atoms with Gasteiger partial charge in [0.25, 0.3) is 0 Å². The highest BCUT2D eigenvalue weighted by Gasteiger charge is 2.13. The van der Waals surface area contributed by atoms with Crippen LogP contribution in [-0.4, -0.2) is 19.1 Å². The topological polar surface area (TPSA) is 38.3 Å². The Balaban J connectivity index is 2.40. The zero-order valence-electron chi connectivity index (χ0n) is 13.1. The van der Waals surface area contributed by atoms with Crippen LogP contribution in [-0.2, 0) is 4.79 Å². The predicted octanol–water partition coefficient (Wildman–Crippen LogP) is 3.74. The van der Waals surface area contributed by atoms with Gasteiger partial charge in [-0.1, -0.05) is 45.9 Å². The van der Waals surface area contributed by atoms with E-state index < -0.39 is 0 Å². The van der Waals surface area contributed by atoms with Gasteiger partial charge in [-0.15, -0.1) is 0 Å². The van der Waals surface area contributed by atoms with E-state index in [9.17, 15) is 4.79 Å². The highest BCUT2D eigenvalue weighted by atomic mass is 16.5. The van der Waals surface area contributed by atoms with Crippen molar-refractivity contribution in [2.75, 3.05) is 13.2 Å². The number of ether oxygens (including phenoxy) is 1. The third kappa shape index (κ3) is 4.87. The highest BCUT2D eigenvalue weighted by molar-refractivity contribution is 5.78. The first-order valence-electron chi connectivity index (χ1n) is 7.59.